The van der Waals surface area contributed by atoms with Crippen LogP contribution in [0.5, 0.6) is 0 Å². The van der Waals surface area contributed by atoms with E-state index in [1.807, 2.05) is 0 Å². The van der Waals surface area contributed by atoms with E-state index in [4.69, 9.17) is 0 Å². The monoisotopic (exact) mass is 760 g/mol. The molecule has 4 aromatic carbocycles. The summed E-state index contributed by atoms with van der Waals surface area (Å²) in [7, 11) is 0. The molecule has 288 valence electrons. The predicted molar refractivity (Wildman–Crippen MR) is 238 cm³/mol. The molecular formula is C50H48N8. The molecule has 10 rings (SSSR count). The van der Waals surface area contributed by atoms with Gasteiger partial charge in [-0.2, -0.15) is 0 Å². The number of fused-ring (bicyclic) bond motifs is 2. The normalized spacial score (nSPS) is 14.9. The van der Waals surface area contributed by atoms with Gasteiger partial charge in [-0.3, -0.25) is 18.7 Å². The molecule has 8 nitrogen and oxygen atoms in total. The topological polar surface area (TPSA) is 32.7 Å². The molecule has 0 unspecified atom stereocenters. The Hall–Kier alpha value is -7.06. The number of aryl methyl sites for hydroxylation is 8. The molecule has 0 saturated heterocycles. The Labute approximate surface area is 340 Å². The summed E-state index contributed by atoms with van der Waals surface area (Å²) < 4.78 is 9.50. The van der Waals surface area contributed by atoms with Crippen LogP contribution in [0.3, 0.4) is 0 Å². The molecule has 2 aliphatic heterocycles. The second-order valence-corrected chi connectivity index (χ2v) is 15.7. The van der Waals surface area contributed by atoms with Gasteiger partial charge in [0, 0.05) is 45.6 Å². The molecule has 0 aliphatic carbocycles. The summed E-state index contributed by atoms with van der Waals surface area (Å²) in [6.07, 6.45) is 0. The fourth-order valence-electron chi connectivity index (χ4n) is 9.09. The zero-order valence-corrected chi connectivity index (χ0v) is 34.4. The van der Waals surface area contributed by atoms with Gasteiger partial charge in [0.2, 0.25) is 0 Å². The van der Waals surface area contributed by atoms with E-state index in [0.29, 0.717) is 0 Å². The molecule has 8 aromatic rings. The summed E-state index contributed by atoms with van der Waals surface area (Å²) in [5.41, 5.74) is 18.1. The average Bonchev–Trinajstić information content (AvgIpc) is 4.07. The van der Waals surface area contributed by atoms with Crippen molar-refractivity contribution < 1.29 is 0 Å². The van der Waals surface area contributed by atoms with Gasteiger partial charge in [0.15, 0.2) is 11.6 Å². The molecule has 0 saturated carbocycles. The zero-order chi connectivity index (χ0) is 40.0. The molecular weight excluding hydrogens is 713 g/mol. The fraction of sp³-hybridized carbons (Fsp3) is 0.160. The SMILES string of the molecule is Cc1ccc(C)n1N1/C(=C2/N(n3c(C)ccc3C)c3ccc(-c4ccccc4)cc3N2n2c(C)ccc2C)N(n2c(C)ccc2C)c2cc(-c3ccccc3)ccc21. The van der Waals surface area contributed by atoms with Crippen molar-refractivity contribution in [1.82, 2.24) is 18.7 Å². The van der Waals surface area contributed by atoms with E-state index in [9.17, 15) is 0 Å². The third-order valence-corrected chi connectivity index (χ3v) is 11.8. The van der Waals surface area contributed by atoms with Crippen molar-refractivity contribution in [2.45, 2.75) is 55.4 Å². The number of anilines is 4. The predicted octanol–water partition coefficient (Wildman–Crippen LogP) is 11.6. The van der Waals surface area contributed by atoms with Gasteiger partial charge in [-0.05, 0) is 150 Å². The highest BCUT2D eigenvalue weighted by molar-refractivity contribution is 5.92. The Kier molecular flexibility index (Phi) is 8.09. The molecule has 0 bridgehead atoms. The Morgan fingerprint density at radius 1 is 0.241 bits per heavy atom. The number of hydrogen-bond donors (Lipinski definition) is 0. The lowest BCUT2D eigenvalue weighted by Crippen LogP contribution is -2.46. The standard InChI is InChI=1S/C50H48N8/c1-33-19-20-34(2)51(33)55-45-29-27-43(41-15-11-9-12-16-41)31-47(45)57(53-37(5)23-24-38(53)6)49(55)50-56(52-35(3)21-22-36(52)4)46-30-28-44(42-17-13-10-14-18-42)32-48(46)58(50)54-39(7)25-26-40(54)8/h9-32H,1-8H3/b50-49+. The van der Waals surface area contributed by atoms with Crippen molar-refractivity contribution in [3.8, 4) is 22.3 Å². The maximum atomic E-state index is 2.45. The highest BCUT2D eigenvalue weighted by Crippen LogP contribution is 2.53. The Morgan fingerprint density at radius 2 is 0.500 bits per heavy atom. The molecule has 6 heterocycles. The minimum atomic E-state index is 0.988. The van der Waals surface area contributed by atoms with Gasteiger partial charge in [0.1, 0.15) is 0 Å². The van der Waals surface area contributed by atoms with Crippen LogP contribution >= 0.6 is 0 Å². The third kappa shape index (κ3) is 5.21. The molecule has 0 N–H and O–H groups in total. The van der Waals surface area contributed by atoms with E-state index in [1.165, 1.54) is 11.1 Å². The summed E-state index contributed by atoms with van der Waals surface area (Å²) in [5.74, 6) is 1.98. The van der Waals surface area contributed by atoms with E-state index in [1.54, 1.807) is 0 Å². The third-order valence-electron chi connectivity index (χ3n) is 11.8. The van der Waals surface area contributed by atoms with Crippen LogP contribution in [0.15, 0.2) is 157 Å². The van der Waals surface area contributed by atoms with Crippen molar-refractivity contribution in [1.29, 1.82) is 0 Å². The quantitative estimate of drug-likeness (QED) is 0.169. The molecule has 0 radical (unpaired) electrons. The van der Waals surface area contributed by atoms with E-state index in [-0.39, 0.29) is 0 Å². The molecule has 2 aliphatic rings. The van der Waals surface area contributed by atoms with Crippen LogP contribution in [0, 0.1) is 55.4 Å². The summed E-state index contributed by atoms with van der Waals surface area (Å²) in [4.78, 5) is 0. The lowest BCUT2D eigenvalue weighted by atomic mass is 10.0. The summed E-state index contributed by atoms with van der Waals surface area (Å²) in [5, 5.41) is 9.78. The van der Waals surface area contributed by atoms with Crippen LogP contribution in [0.1, 0.15) is 45.6 Å². The van der Waals surface area contributed by atoms with Crippen molar-refractivity contribution in [2.24, 2.45) is 0 Å². The smallest absolute Gasteiger partial charge is 0.198 e. The lowest BCUT2D eigenvalue weighted by molar-refractivity contribution is 0.620. The number of benzene rings is 4. The first-order valence-corrected chi connectivity index (χ1v) is 20.1. The first-order chi connectivity index (χ1) is 28.1. The fourth-order valence-corrected chi connectivity index (χ4v) is 9.09. The van der Waals surface area contributed by atoms with Gasteiger partial charge in [-0.1, -0.05) is 72.8 Å². The second kappa shape index (κ2) is 13.3. The molecule has 8 heteroatoms. The van der Waals surface area contributed by atoms with Gasteiger partial charge in [-0.25, -0.2) is 20.0 Å². The Morgan fingerprint density at radius 3 is 0.776 bits per heavy atom. The Balaban J connectivity index is 1.39. The van der Waals surface area contributed by atoms with Crippen LogP contribution in [0.2, 0.25) is 0 Å². The first kappa shape index (κ1) is 35.4. The van der Waals surface area contributed by atoms with Gasteiger partial charge in [0.05, 0.1) is 22.7 Å². The van der Waals surface area contributed by atoms with Crippen LogP contribution in [0.25, 0.3) is 22.3 Å². The molecule has 0 atom stereocenters. The van der Waals surface area contributed by atoms with Gasteiger partial charge in [0.25, 0.3) is 0 Å². The van der Waals surface area contributed by atoms with Crippen LogP contribution < -0.4 is 20.0 Å². The van der Waals surface area contributed by atoms with E-state index < -0.39 is 0 Å². The highest BCUT2D eigenvalue weighted by Gasteiger charge is 2.47. The lowest BCUT2D eigenvalue weighted by Gasteiger charge is -2.37. The van der Waals surface area contributed by atoms with Crippen molar-refractivity contribution in [3.63, 3.8) is 0 Å². The van der Waals surface area contributed by atoms with E-state index in [2.05, 4.69) is 240 Å². The maximum absolute atomic E-state index is 2.45. The minimum absolute atomic E-state index is 0.988. The second-order valence-electron chi connectivity index (χ2n) is 15.7. The molecule has 0 fully saturated rings. The van der Waals surface area contributed by atoms with E-state index >= 15 is 0 Å². The number of aromatic nitrogens is 4. The van der Waals surface area contributed by atoms with Gasteiger partial charge < -0.3 is 0 Å². The number of nitrogens with zero attached hydrogens (tertiary/aromatic N) is 8. The molecule has 0 amide bonds. The maximum Gasteiger partial charge on any atom is 0.198 e. The largest absolute Gasteiger partial charge is 0.256 e. The summed E-state index contributed by atoms with van der Waals surface area (Å²) >= 11 is 0. The van der Waals surface area contributed by atoms with Gasteiger partial charge in [-0.15, -0.1) is 0 Å². The minimum Gasteiger partial charge on any atom is -0.256 e. The first-order valence-electron chi connectivity index (χ1n) is 20.1. The van der Waals surface area contributed by atoms with Crippen LogP contribution in [-0.2, 0) is 0 Å². The molecule has 4 aromatic heterocycles. The molecule has 0 spiro atoms. The van der Waals surface area contributed by atoms with Crippen molar-refractivity contribution in [2.75, 3.05) is 20.0 Å². The van der Waals surface area contributed by atoms with Crippen LogP contribution in [0.4, 0.5) is 22.7 Å². The summed E-state index contributed by atoms with van der Waals surface area (Å²) in [6.45, 7) is 17.6. The van der Waals surface area contributed by atoms with Crippen molar-refractivity contribution >= 4 is 22.7 Å². The van der Waals surface area contributed by atoms with Gasteiger partial charge >= 0.3 is 0 Å². The number of rotatable bonds is 6. The number of hydrogen-bond acceptors (Lipinski definition) is 4. The van der Waals surface area contributed by atoms with Crippen LogP contribution in [-0.4, -0.2) is 18.7 Å². The zero-order valence-electron chi connectivity index (χ0n) is 34.4. The molecule has 58 heavy (non-hydrogen) atoms. The van der Waals surface area contributed by atoms with Crippen molar-refractivity contribution in [3.05, 3.63) is 203 Å². The Bertz CT molecular complexity index is 2620. The summed E-state index contributed by atoms with van der Waals surface area (Å²) in [6, 6.07) is 53.0. The average molecular weight is 761 g/mol. The highest BCUT2D eigenvalue weighted by atomic mass is 15.8. The van der Waals surface area contributed by atoms with E-state index in [0.717, 1.165) is 91.1 Å².